The smallest absolute Gasteiger partial charge is 0.338 e. The molecule has 1 unspecified atom stereocenters. The van der Waals surface area contributed by atoms with Gasteiger partial charge in [0.1, 0.15) is 0 Å². The number of carbonyl (C=O) groups excluding carboxylic acids is 2. The van der Waals surface area contributed by atoms with Gasteiger partial charge in [-0.1, -0.05) is 17.5 Å². The second kappa shape index (κ2) is 8.61. The summed E-state index contributed by atoms with van der Waals surface area (Å²) in [5, 5.41) is 0. The Morgan fingerprint density at radius 3 is 2.73 bits per heavy atom. The van der Waals surface area contributed by atoms with E-state index >= 15 is 0 Å². The lowest BCUT2D eigenvalue weighted by atomic mass is 10.0. The van der Waals surface area contributed by atoms with Crippen LogP contribution < -0.4 is 0 Å². The van der Waals surface area contributed by atoms with Crippen LogP contribution in [0.5, 0.6) is 0 Å². The van der Waals surface area contributed by atoms with Crippen molar-refractivity contribution >= 4 is 21.9 Å². The number of rotatable bonds is 6. The van der Waals surface area contributed by atoms with Gasteiger partial charge in [0.25, 0.3) is 15.9 Å². The zero-order chi connectivity index (χ0) is 19.3. The summed E-state index contributed by atoms with van der Waals surface area (Å²) in [5.41, 5.74) is 0.0513. The second-order valence-corrected chi connectivity index (χ2v) is 8.22. The zero-order valence-corrected chi connectivity index (χ0v) is 16.0. The summed E-state index contributed by atoms with van der Waals surface area (Å²) in [4.78, 5) is 30.6. The Bertz CT molecular complexity index is 764. The average molecular weight is 384 g/mol. The molecule has 0 aliphatic carbocycles. The number of piperidine rings is 1. The van der Waals surface area contributed by atoms with Crippen molar-refractivity contribution in [2.45, 2.75) is 24.7 Å². The Morgan fingerprint density at radius 2 is 2.08 bits per heavy atom. The molecule has 0 radical (unpaired) electrons. The lowest BCUT2D eigenvalue weighted by molar-refractivity contribution is -0.136. The molecule has 1 aliphatic heterocycles. The first kappa shape index (κ1) is 20.3. The van der Waals surface area contributed by atoms with Gasteiger partial charge in [-0.3, -0.25) is 9.63 Å². The highest BCUT2D eigenvalue weighted by molar-refractivity contribution is 7.89. The summed E-state index contributed by atoms with van der Waals surface area (Å²) in [6.07, 6.45) is 2.02. The molecular weight excluding hydrogens is 360 g/mol. The first-order valence-corrected chi connectivity index (χ1v) is 9.77. The highest BCUT2D eigenvalue weighted by Gasteiger charge is 2.24. The summed E-state index contributed by atoms with van der Waals surface area (Å²) < 4.78 is 30.2. The van der Waals surface area contributed by atoms with Crippen molar-refractivity contribution in [1.82, 2.24) is 9.37 Å². The van der Waals surface area contributed by atoms with Crippen molar-refractivity contribution in [3.8, 4) is 0 Å². The lowest BCUT2D eigenvalue weighted by Gasteiger charge is -2.30. The minimum atomic E-state index is -3.87. The quantitative estimate of drug-likeness (QED) is 0.542. The third-order valence-electron chi connectivity index (χ3n) is 4.30. The minimum absolute atomic E-state index is 0.0513. The van der Waals surface area contributed by atoms with E-state index in [1.54, 1.807) is 4.90 Å². The van der Waals surface area contributed by atoms with Gasteiger partial charge in [0.05, 0.1) is 17.6 Å². The molecule has 8 nitrogen and oxygen atoms in total. The molecule has 2 rings (SSSR count). The van der Waals surface area contributed by atoms with Crippen molar-refractivity contribution in [2.75, 3.05) is 33.9 Å². The van der Waals surface area contributed by atoms with E-state index in [1.807, 2.05) is 0 Å². The molecule has 1 amide bonds. The van der Waals surface area contributed by atoms with Gasteiger partial charge < -0.3 is 9.64 Å². The molecule has 0 spiro atoms. The fourth-order valence-electron chi connectivity index (χ4n) is 2.75. The Morgan fingerprint density at radius 1 is 1.35 bits per heavy atom. The number of nitrogens with zero attached hydrogens (tertiary/aromatic N) is 2. The normalized spacial score (nSPS) is 18.0. The number of likely N-dealkylation sites (tertiary alicyclic amines) is 1. The van der Waals surface area contributed by atoms with Gasteiger partial charge in [-0.25, -0.2) is 13.2 Å². The van der Waals surface area contributed by atoms with Crippen LogP contribution in [0.25, 0.3) is 0 Å². The van der Waals surface area contributed by atoms with E-state index in [4.69, 9.17) is 9.57 Å². The number of sulfonamides is 1. The van der Waals surface area contributed by atoms with E-state index in [9.17, 15) is 18.0 Å². The van der Waals surface area contributed by atoms with E-state index < -0.39 is 16.0 Å². The van der Waals surface area contributed by atoms with Gasteiger partial charge in [-0.2, -0.15) is 0 Å². The highest BCUT2D eigenvalue weighted by Crippen LogP contribution is 2.17. The largest absolute Gasteiger partial charge is 0.452 e. The maximum atomic E-state index is 12.2. The van der Waals surface area contributed by atoms with Gasteiger partial charge in [0, 0.05) is 20.1 Å². The molecule has 1 saturated heterocycles. The fraction of sp³-hybridized carbons (Fsp3) is 0.529. The summed E-state index contributed by atoms with van der Waals surface area (Å²) in [6, 6.07) is 5.41. The molecule has 1 fully saturated rings. The standard InChI is InChI=1S/C17H24N2O6S/c1-13-6-5-9-19(11-13)16(20)12-25-17(21)14-7-4-8-15(10-14)26(22,23)18(2)24-3/h4,7-8,10,13H,5-6,9,11-12H2,1-3H3. The molecule has 1 aromatic rings. The van der Waals surface area contributed by atoms with Gasteiger partial charge in [-0.05, 0) is 37.0 Å². The van der Waals surface area contributed by atoms with Crippen molar-refractivity contribution in [3.63, 3.8) is 0 Å². The molecule has 0 bridgehead atoms. The van der Waals surface area contributed by atoms with E-state index in [0.29, 0.717) is 23.5 Å². The van der Waals surface area contributed by atoms with Crippen LogP contribution in [0.3, 0.4) is 0 Å². The number of hydroxylamine groups is 1. The van der Waals surface area contributed by atoms with Crippen LogP contribution in [-0.2, 0) is 24.4 Å². The van der Waals surface area contributed by atoms with Crippen LogP contribution >= 0.6 is 0 Å². The molecule has 1 atom stereocenters. The first-order valence-electron chi connectivity index (χ1n) is 8.33. The van der Waals surface area contributed by atoms with Crippen LogP contribution in [-0.4, -0.2) is 63.5 Å². The van der Waals surface area contributed by atoms with Gasteiger partial charge in [0.2, 0.25) is 0 Å². The molecule has 1 aromatic carbocycles. The van der Waals surface area contributed by atoms with Crippen LogP contribution in [0.15, 0.2) is 29.2 Å². The van der Waals surface area contributed by atoms with Gasteiger partial charge >= 0.3 is 5.97 Å². The summed E-state index contributed by atoms with van der Waals surface area (Å²) in [7, 11) is -1.40. The third kappa shape index (κ3) is 4.80. The number of carbonyl (C=O) groups is 2. The number of ether oxygens (including phenoxy) is 1. The number of hydrogen-bond acceptors (Lipinski definition) is 6. The van der Waals surface area contributed by atoms with Crippen LogP contribution in [0.1, 0.15) is 30.1 Å². The number of amides is 1. The van der Waals surface area contributed by atoms with Crippen LogP contribution in [0.2, 0.25) is 0 Å². The van der Waals surface area contributed by atoms with E-state index in [-0.39, 0.29) is 23.0 Å². The van der Waals surface area contributed by atoms with Crippen molar-refractivity contribution in [1.29, 1.82) is 0 Å². The molecule has 0 N–H and O–H groups in total. The predicted molar refractivity (Wildman–Crippen MR) is 93.7 cm³/mol. The Kier molecular flexibility index (Phi) is 6.74. The highest BCUT2D eigenvalue weighted by atomic mass is 32.2. The third-order valence-corrected chi connectivity index (χ3v) is 5.98. The topological polar surface area (TPSA) is 93.2 Å². The van der Waals surface area contributed by atoms with Crippen molar-refractivity contribution in [2.24, 2.45) is 5.92 Å². The monoisotopic (exact) mass is 384 g/mol. The summed E-state index contributed by atoms with van der Waals surface area (Å²) >= 11 is 0. The molecule has 1 aliphatic rings. The van der Waals surface area contributed by atoms with E-state index in [2.05, 4.69) is 6.92 Å². The lowest BCUT2D eigenvalue weighted by Crippen LogP contribution is -2.41. The molecule has 144 valence electrons. The van der Waals surface area contributed by atoms with E-state index in [0.717, 1.165) is 12.8 Å². The molecule has 26 heavy (non-hydrogen) atoms. The molecular formula is C17H24N2O6S. The van der Waals surface area contributed by atoms with Crippen molar-refractivity contribution in [3.05, 3.63) is 29.8 Å². The van der Waals surface area contributed by atoms with Gasteiger partial charge in [-0.15, -0.1) is 0 Å². The fourth-order valence-corrected chi connectivity index (χ4v) is 3.77. The van der Waals surface area contributed by atoms with Crippen LogP contribution in [0.4, 0.5) is 0 Å². The average Bonchev–Trinajstić information content (AvgIpc) is 2.65. The molecule has 1 heterocycles. The maximum absolute atomic E-state index is 12.2. The van der Waals surface area contributed by atoms with E-state index in [1.165, 1.54) is 38.4 Å². The minimum Gasteiger partial charge on any atom is -0.452 e. The number of hydrogen-bond donors (Lipinski definition) is 0. The summed E-state index contributed by atoms with van der Waals surface area (Å²) in [6.45, 7) is 3.04. The molecule has 0 aromatic heterocycles. The Labute approximate surface area is 153 Å². The SMILES string of the molecule is CON(C)S(=O)(=O)c1cccc(C(=O)OCC(=O)N2CCCC(C)C2)c1. The zero-order valence-electron chi connectivity index (χ0n) is 15.2. The Balaban J connectivity index is 2.02. The predicted octanol–water partition coefficient (Wildman–Crippen LogP) is 1.28. The van der Waals surface area contributed by atoms with Crippen molar-refractivity contribution < 1.29 is 27.6 Å². The molecule has 9 heteroatoms. The number of benzene rings is 1. The molecule has 0 saturated carbocycles. The number of esters is 1. The summed E-state index contributed by atoms with van der Waals surface area (Å²) in [5.74, 6) is -0.559. The maximum Gasteiger partial charge on any atom is 0.338 e. The van der Waals surface area contributed by atoms with Gasteiger partial charge in [0.15, 0.2) is 6.61 Å². The second-order valence-electron chi connectivity index (χ2n) is 6.29. The first-order chi connectivity index (χ1) is 12.3. The Hall–Kier alpha value is -1.97. The van der Waals surface area contributed by atoms with Crippen LogP contribution in [0, 0.1) is 5.92 Å².